The number of carbonyl (C=O) groups is 1. The zero-order chi connectivity index (χ0) is 14.9. The van der Waals surface area contributed by atoms with Gasteiger partial charge < -0.3 is 4.90 Å². The number of benzene rings is 1. The number of amides is 1. The molecule has 0 radical (unpaired) electrons. The molecular weight excluding hydrogens is 298 g/mol. The molecule has 1 amide bonds. The molecule has 1 aliphatic heterocycles. The van der Waals surface area contributed by atoms with Crippen molar-refractivity contribution < 1.29 is 22.4 Å². The molecule has 7 heteroatoms. The van der Waals surface area contributed by atoms with Crippen LogP contribution in [0.1, 0.15) is 28.8 Å². The number of rotatable bonds is 1. The third-order valence-electron chi connectivity index (χ3n) is 3.17. The molecule has 0 spiro atoms. The van der Waals surface area contributed by atoms with Gasteiger partial charge in [0.25, 0.3) is 5.91 Å². The molecule has 1 fully saturated rings. The molecule has 0 aromatic heterocycles. The molecule has 1 aromatic rings. The topological polar surface area (TPSA) is 20.3 Å². The fourth-order valence-electron chi connectivity index (χ4n) is 2.17. The molecule has 1 unspecified atom stereocenters. The van der Waals surface area contributed by atoms with Crippen LogP contribution < -0.4 is 0 Å². The number of hydrogen-bond donors (Lipinski definition) is 0. The molecule has 1 heterocycles. The third-order valence-corrected chi connectivity index (χ3v) is 3.53. The average molecular weight is 310 g/mol. The number of alkyl halides is 4. The first-order chi connectivity index (χ1) is 9.29. The maximum atomic E-state index is 13.2. The van der Waals surface area contributed by atoms with Crippen molar-refractivity contribution >= 4 is 17.5 Å². The Hall–Kier alpha value is -1.30. The fraction of sp³-hybridized carbons (Fsp3) is 0.462. The first kappa shape index (κ1) is 15.1. The lowest BCUT2D eigenvalue weighted by Gasteiger charge is -2.30. The lowest BCUT2D eigenvalue weighted by atomic mass is 10.1. The Labute approximate surface area is 118 Å². The number of halogens is 5. The monoisotopic (exact) mass is 309 g/mol. The third kappa shape index (κ3) is 3.23. The van der Waals surface area contributed by atoms with Gasteiger partial charge in [0.05, 0.1) is 10.9 Å². The summed E-state index contributed by atoms with van der Waals surface area (Å²) in [5, 5.41) is -0.199. The maximum Gasteiger partial charge on any atom is 0.419 e. The molecule has 0 bridgehead atoms. The summed E-state index contributed by atoms with van der Waals surface area (Å²) < 4.78 is 51.0. The molecule has 1 aliphatic rings. The van der Waals surface area contributed by atoms with Gasteiger partial charge in [-0.15, -0.1) is 11.6 Å². The van der Waals surface area contributed by atoms with Gasteiger partial charge in [0, 0.05) is 18.7 Å². The van der Waals surface area contributed by atoms with Crippen molar-refractivity contribution in [2.45, 2.75) is 24.4 Å². The van der Waals surface area contributed by atoms with Crippen LogP contribution in [0, 0.1) is 5.82 Å². The molecule has 0 aliphatic carbocycles. The normalized spacial score (nSPS) is 20.1. The van der Waals surface area contributed by atoms with E-state index in [0.717, 1.165) is 12.5 Å². The van der Waals surface area contributed by atoms with Crippen molar-refractivity contribution in [3.63, 3.8) is 0 Å². The van der Waals surface area contributed by atoms with Gasteiger partial charge in [0.1, 0.15) is 5.82 Å². The molecule has 1 aromatic carbocycles. The van der Waals surface area contributed by atoms with Gasteiger partial charge in [-0.3, -0.25) is 4.79 Å². The number of piperidine rings is 1. The van der Waals surface area contributed by atoms with Crippen molar-refractivity contribution in [2.75, 3.05) is 13.1 Å². The number of nitrogens with zero attached hydrogens (tertiary/aromatic N) is 1. The summed E-state index contributed by atoms with van der Waals surface area (Å²) in [6, 6.07) is 2.28. The molecular formula is C13H12ClF4NO. The summed E-state index contributed by atoms with van der Waals surface area (Å²) in [7, 11) is 0. The van der Waals surface area contributed by atoms with Gasteiger partial charge in [-0.25, -0.2) is 4.39 Å². The van der Waals surface area contributed by atoms with Gasteiger partial charge in [0.15, 0.2) is 0 Å². The second-order valence-electron chi connectivity index (χ2n) is 4.68. The van der Waals surface area contributed by atoms with E-state index in [1.54, 1.807) is 0 Å². The Morgan fingerprint density at radius 2 is 2.05 bits per heavy atom. The van der Waals surface area contributed by atoms with Crippen LogP contribution in [0.3, 0.4) is 0 Å². The Morgan fingerprint density at radius 3 is 2.65 bits per heavy atom. The van der Waals surface area contributed by atoms with Crippen molar-refractivity contribution in [2.24, 2.45) is 0 Å². The summed E-state index contributed by atoms with van der Waals surface area (Å²) in [5.41, 5.74) is -1.60. The van der Waals surface area contributed by atoms with Gasteiger partial charge in [-0.1, -0.05) is 0 Å². The highest BCUT2D eigenvalue weighted by atomic mass is 35.5. The van der Waals surface area contributed by atoms with E-state index in [1.165, 1.54) is 4.90 Å². The van der Waals surface area contributed by atoms with Crippen LogP contribution in [-0.2, 0) is 6.18 Å². The van der Waals surface area contributed by atoms with E-state index >= 15 is 0 Å². The minimum Gasteiger partial charge on any atom is -0.337 e. The van der Waals surface area contributed by atoms with Crippen LogP contribution in [0.25, 0.3) is 0 Å². The van der Waals surface area contributed by atoms with Crippen LogP contribution >= 0.6 is 11.6 Å². The standard InChI is InChI=1S/C13H12ClF4NO/c14-9-2-1-5-19(7-9)12(20)8-3-4-11(15)10(6-8)13(16,17)18/h3-4,6,9H,1-2,5,7H2. The second kappa shape index (κ2) is 5.60. The maximum absolute atomic E-state index is 13.2. The minimum absolute atomic E-state index is 0.176. The quantitative estimate of drug-likeness (QED) is 0.572. The summed E-state index contributed by atoms with van der Waals surface area (Å²) in [6.45, 7) is 0.736. The van der Waals surface area contributed by atoms with E-state index < -0.39 is 23.5 Å². The summed E-state index contributed by atoms with van der Waals surface area (Å²) >= 11 is 5.94. The Balaban J connectivity index is 2.26. The zero-order valence-electron chi connectivity index (χ0n) is 10.4. The zero-order valence-corrected chi connectivity index (χ0v) is 11.1. The average Bonchev–Trinajstić information content (AvgIpc) is 2.37. The largest absolute Gasteiger partial charge is 0.419 e. The minimum atomic E-state index is -4.82. The summed E-state index contributed by atoms with van der Waals surface area (Å²) in [5.74, 6) is -1.94. The van der Waals surface area contributed by atoms with Crippen LogP contribution in [0.4, 0.5) is 17.6 Å². The lowest BCUT2D eigenvalue weighted by Crippen LogP contribution is -2.40. The molecule has 1 atom stereocenters. The van der Waals surface area contributed by atoms with Gasteiger partial charge >= 0.3 is 6.18 Å². The molecule has 1 saturated heterocycles. The van der Waals surface area contributed by atoms with E-state index in [0.29, 0.717) is 31.6 Å². The van der Waals surface area contributed by atoms with Crippen LogP contribution in [0.2, 0.25) is 0 Å². The van der Waals surface area contributed by atoms with E-state index in [9.17, 15) is 22.4 Å². The predicted octanol–water partition coefficient (Wildman–Crippen LogP) is 3.69. The smallest absolute Gasteiger partial charge is 0.337 e. The van der Waals surface area contributed by atoms with E-state index in [4.69, 9.17) is 11.6 Å². The van der Waals surface area contributed by atoms with E-state index in [-0.39, 0.29) is 10.9 Å². The van der Waals surface area contributed by atoms with Crippen LogP contribution in [0.5, 0.6) is 0 Å². The Kier molecular flexibility index (Phi) is 4.22. The van der Waals surface area contributed by atoms with E-state index in [1.807, 2.05) is 0 Å². The SMILES string of the molecule is O=C(c1ccc(F)c(C(F)(F)F)c1)N1CCCC(Cl)C1. The first-order valence-corrected chi connectivity index (χ1v) is 6.53. The summed E-state index contributed by atoms with van der Waals surface area (Å²) in [4.78, 5) is 13.5. The van der Waals surface area contributed by atoms with Crippen molar-refractivity contribution in [3.8, 4) is 0 Å². The highest BCUT2D eigenvalue weighted by molar-refractivity contribution is 6.21. The second-order valence-corrected chi connectivity index (χ2v) is 5.30. The lowest BCUT2D eigenvalue weighted by molar-refractivity contribution is -0.140. The van der Waals surface area contributed by atoms with Crippen LogP contribution in [0.15, 0.2) is 18.2 Å². The highest BCUT2D eigenvalue weighted by Crippen LogP contribution is 2.32. The number of carbonyl (C=O) groups excluding carboxylic acids is 1. The predicted molar refractivity (Wildman–Crippen MR) is 66.2 cm³/mol. The molecule has 0 saturated carbocycles. The van der Waals surface area contributed by atoms with Gasteiger partial charge in [-0.05, 0) is 31.0 Å². The fourth-order valence-corrected chi connectivity index (χ4v) is 2.49. The first-order valence-electron chi connectivity index (χ1n) is 6.09. The molecule has 110 valence electrons. The Bertz CT molecular complexity index is 518. The number of likely N-dealkylation sites (tertiary alicyclic amines) is 1. The van der Waals surface area contributed by atoms with Crippen molar-refractivity contribution in [1.82, 2.24) is 4.90 Å². The molecule has 0 N–H and O–H groups in total. The van der Waals surface area contributed by atoms with Crippen molar-refractivity contribution in [1.29, 1.82) is 0 Å². The van der Waals surface area contributed by atoms with Crippen LogP contribution in [-0.4, -0.2) is 29.3 Å². The highest BCUT2D eigenvalue weighted by Gasteiger charge is 2.35. The molecule has 2 rings (SSSR count). The van der Waals surface area contributed by atoms with Gasteiger partial charge in [0.2, 0.25) is 0 Å². The molecule has 20 heavy (non-hydrogen) atoms. The van der Waals surface area contributed by atoms with Crippen molar-refractivity contribution in [3.05, 3.63) is 35.1 Å². The Morgan fingerprint density at radius 1 is 1.35 bits per heavy atom. The van der Waals surface area contributed by atoms with E-state index in [2.05, 4.69) is 0 Å². The van der Waals surface area contributed by atoms with Gasteiger partial charge in [-0.2, -0.15) is 13.2 Å². The summed E-state index contributed by atoms with van der Waals surface area (Å²) in [6.07, 6.45) is -3.35. The number of hydrogen-bond acceptors (Lipinski definition) is 1. The molecule has 2 nitrogen and oxygen atoms in total.